The number of piperidine rings is 1. The number of nitrogens with zero attached hydrogens (tertiary/aromatic N) is 2. The maximum Gasteiger partial charge on any atom is 0.236 e. The van der Waals surface area contributed by atoms with Crippen LogP contribution in [0.1, 0.15) is 43.7 Å². The molecule has 0 radical (unpaired) electrons. The van der Waals surface area contributed by atoms with E-state index in [-0.39, 0.29) is 17.9 Å². The molecule has 0 spiro atoms. The van der Waals surface area contributed by atoms with Crippen LogP contribution in [0.15, 0.2) is 23.3 Å². The van der Waals surface area contributed by atoms with Crippen molar-refractivity contribution < 1.29 is 4.79 Å². The zero-order chi connectivity index (χ0) is 18.1. The van der Waals surface area contributed by atoms with Crippen LogP contribution in [0.25, 0.3) is 0 Å². The summed E-state index contributed by atoms with van der Waals surface area (Å²) in [6.45, 7) is 4.93. The van der Waals surface area contributed by atoms with Gasteiger partial charge >= 0.3 is 0 Å². The summed E-state index contributed by atoms with van der Waals surface area (Å²) in [5.74, 6) is 3.22. The molecule has 1 saturated heterocycles. The Hall–Kier alpha value is -2.32. The van der Waals surface area contributed by atoms with Gasteiger partial charge in [0.1, 0.15) is 0 Å². The lowest BCUT2D eigenvalue weighted by Crippen LogP contribution is -2.48. The summed E-state index contributed by atoms with van der Waals surface area (Å²) < 4.78 is 0. The molecule has 4 rings (SSSR count). The summed E-state index contributed by atoms with van der Waals surface area (Å²) in [5, 5.41) is 8.07. The van der Waals surface area contributed by atoms with Crippen molar-refractivity contribution in [2.45, 2.75) is 38.6 Å². The molecule has 3 aliphatic rings. The molecule has 3 heterocycles. The van der Waals surface area contributed by atoms with E-state index >= 15 is 0 Å². The van der Waals surface area contributed by atoms with Crippen LogP contribution in [0, 0.1) is 24.2 Å². The Bertz CT molecular complexity index is 773. The molecule has 3 aliphatic heterocycles. The summed E-state index contributed by atoms with van der Waals surface area (Å²) in [7, 11) is 0. The Morgan fingerprint density at radius 3 is 3.00 bits per heavy atom. The van der Waals surface area contributed by atoms with E-state index in [0.29, 0.717) is 5.92 Å². The highest BCUT2D eigenvalue weighted by Gasteiger charge is 2.39. The van der Waals surface area contributed by atoms with Crippen molar-refractivity contribution in [2.24, 2.45) is 16.9 Å². The van der Waals surface area contributed by atoms with E-state index in [2.05, 4.69) is 28.7 Å². The summed E-state index contributed by atoms with van der Waals surface area (Å²) in [6.07, 6.45) is 9.72. The number of terminal acetylenes is 1. The maximum atomic E-state index is 13.4. The number of amides is 1. The zero-order valence-corrected chi connectivity index (χ0v) is 15.3. The van der Waals surface area contributed by atoms with Crippen LogP contribution < -0.4 is 15.6 Å². The molecule has 3 unspecified atom stereocenters. The fraction of sp³-hybridized carbons (Fsp3) is 0.524. The number of anilines is 1. The summed E-state index contributed by atoms with van der Waals surface area (Å²) >= 11 is 0. The molecular weight excluding hydrogens is 324 g/mol. The lowest BCUT2D eigenvalue weighted by Gasteiger charge is -2.37. The van der Waals surface area contributed by atoms with E-state index in [1.54, 1.807) is 0 Å². The fourth-order valence-corrected chi connectivity index (χ4v) is 4.26. The highest BCUT2D eigenvalue weighted by Crippen LogP contribution is 2.36. The molecule has 5 nitrogen and oxygen atoms in total. The van der Waals surface area contributed by atoms with Crippen molar-refractivity contribution in [3.63, 3.8) is 0 Å². The van der Waals surface area contributed by atoms with Crippen molar-refractivity contribution in [1.82, 2.24) is 10.7 Å². The molecule has 1 aromatic rings. The minimum absolute atomic E-state index is 0.176. The van der Waals surface area contributed by atoms with Gasteiger partial charge in [-0.3, -0.25) is 4.79 Å². The maximum absolute atomic E-state index is 13.4. The van der Waals surface area contributed by atoms with Gasteiger partial charge in [0, 0.05) is 23.7 Å². The third kappa shape index (κ3) is 3.10. The van der Waals surface area contributed by atoms with Crippen molar-refractivity contribution in [3.05, 3.63) is 29.3 Å². The van der Waals surface area contributed by atoms with Crippen LogP contribution in [-0.2, 0) is 4.79 Å². The number of carbonyl (C=O) groups is 1. The monoisotopic (exact) mass is 350 g/mol. The molecule has 0 saturated carbocycles. The predicted octanol–water partition coefficient (Wildman–Crippen LogP) is 2.11. The Labute approximate surface area is 155 Å². The van der Waals surface area contributed by atoms with Crippen molar-refractivity contribution >= 4 is 17.3 Å². The normalized spacial score (nSPS) is 28.2. The molecule has 0 bridgehead atoms. The van der Waals surface area contributed by atoms with E-state index in [1.165, 1.54) is 12.8 Å². The highest BCUT2D eigenvalue weighted by atomic mass is 16.2. The van der Waals surface area contributed by atoms with Gasteiger partial charge < -0.3 is 15.6 Å². The fourth-order valence-electron chi connectivity index (χ4n) is 4.26. The molecule has 1 aromatic carbocycles. The van der Waals surface area contributed by atoms with Crippen molar-refractivity contribution in [3.8, 4) is 12.3 Å². The molecule has 0 aromatic heterocycles. The van der Waals surface area contributed by atoms with Gasteiger partial charge in [-0.15, -0.1) is 6.42 Å². The first-order valence-electron chi connectivity index (χ1n) is 9.63. The number of nitrogens with one attached hydrogen (secondary N) is 2. The lowest BCUT2D eigenvalue weighted by atomic mass is 9.84. The van der Waals surface area contributed by atoms with Crippen molar-refractivity contribution in [2.75, 3.05) is 24.5 Å². The minimum Gasteiger partial charge on any atom is -0.316 e. The SMILES string of the molecule is C#Cc1ccc2c(c1)C1=NNC(C)CCC1C(=O)N2CC1CCCNC1. The number of rotatable bonds is 2. The molecule has 2 N–H and O–H groups in total. The van der Waals surface area contributed by atoms with Crippen LogP contribution in [0.2, 0.25) is 0 Å². The average molecular weight is 350 g/mol. The third-order valence-corrected chi connectivity index (χ3v) is 5.76. The number of fused-ring (bicyclic) bond motifs is 3. The first-order chi connectivity index (χ1) is 12.7. The number of carbonyl (C=O) groups excluding carboxylic acids is 1. The van der Waals surface area contributed by atoms with Crippen LogP contribution in [0.3, 0.4) is 0 Å². The second-order valence-corrected chi connectivity index (χ2v) is 7.69. The first kappa shape index (κ1) is 17.1. The third-order valence-electron chi connectivity index (χ3n) is 5.76. The molecule has 0 aliphatic carbocycles. The Morgan fingerprint density at radius 1 is 1.35 bits per heavy atom. The van der Waals surface area contributed by atoms with E-state index < -0.39 is 0 Å². The van der Waals surface area contributed by atoms with E-state index in [9.17, 15) is 4.79 Å². The van der Waals surface area contributed by atoms with Crippen LogP contribution in [0.4, 0.5) is 5.69 Å². The van der Waals surface area contributed by atoms with Crippen LogP contribution in [-0.4, -0.2) is 37.3 Å². The summed E-state index contributed by atoms with van der Waals surface area (Å²) in [5.41, 5.74) is 6.84. The topological polar surface area (TPSA) is 56.7 Å². The second kappa shape index (κ2) is 7.13. The van der Waals surface area contributed by atoms with Gasteiger partial charge in [-0.05, 0) is 69.8 Å². The Morgan fingerprint density at radius 2 is 2.23 bits per heavy atom. The van der Waals surface area contributed by atoms with Crippen molar-refractivity contribution in [1.29, 1.82) is 0 Å². The molecule has 26 heavy (non-hydrogen) atoms. The predicted molar refractivity (Wildman–Crippen MR) is 104 cm³/mol. The van der Waals surface area contributed by atoms with E-state index in [1.807, 2.05) is 23.1 Å². The number of hydrogen-bond acceptors (Lipinski definition) is 4. The van der Waals surface area contributed by atoms with E-state index in [4.69, 9.17) is 6.42 Å². The Kier molecular flexibility index (Phi) is 4.69. The standard InChI is InChI=1S/C21H26N4O/c1-3-15-7-9-19-18(11-15)20-17(8-6-14(2)23-24-20)21(26)25(19)13-16-5-4-10-22-12-16/h1,7,9,11,14,16-17,22-23H,4-6,8,10,12-13H2,2H3. The quantitative estimate of drug-likeness (QED) is 0.803. The number of benzene rings is 1. The minimum atomic E-state index is -0.176. The molecule has 1 amide bonds. The van der Waals surface area contributed by atoms with Crippen LogP contribution in [0.5, 0.6) is 0 Å². The zero-order valence-electron chi connectivity index (χ0n) is 15.3. The van der Waals surface area contributed by atoms with E-state index in [0.717, 1.165) is 55.0 Å². The number of hydrogen-bond donors (Lipinski definition) is 2. The summed E-state index contributed by atoms with van der Waals surface area (Å²) in [4.78, 5) is 15.4. The molecule has 3 atom stereocenters. The molecule has 136 valence electrons. The van der Waals surface area contributed by atoms with Gasteiger partial charge in [0.05, 0.1) is 17.3 Å². The van der Waals surface area contributed by atoms with Gasteiger partial charge in [-0.1, -0.05) is 5.92 Å². The largest absolute Gasteiger partial charge is 0.316 e. The number of hydrazone groups is 1. The second-order valence-electron chi connectivity index (χ2n) is 7.69. The first-order valence-corrected chi connectivity index (χ1v) is 9.63. The summed E-state index contributed by atoms with van der Waals surface area (Å²) in [6, 6.07) is 6.20. The molecule has 5 heteroatoms. The lowest BCUT2D eigenvalue weighted by molar-refractivity contribution is -0.121. The van der Waals surface area contributed by atoms with Gasteiger partial charge in [-0.25, -0.2) is 0 Å². The smallest absolute Gasteiger partial charge is 0.236 e. The van der Waals surface area contributed by atoms with Gasteiger partial charge in [0.25, 0.3) is 0 Å². The Balaban J connectivity index is 1.74. The van der Waals surface area contributed by atoms with Gasteiger partial charge in [-0.2, -0.15) is 5.10 Å². The molecular formula is C21H26N4O. The molecule has 1 fully saturated rings. The van der Waals surface area contributed by atoms with Crippen LogP contribution >= 0.6 is 0 Å². The highest BCUT2D eigenvalue weighted by molar-refractivity contribution is 6.24. The average Bonchev–Trinajstić information content (AvgIpc) is 2.87. The van der Waals surface area contributed by atoms with Gasteiger partial charge in [0.2, 0.25) is 5.91 Å². The van der Waals surface area contributed by atoms with Gasteiger partial charge in [0.15, 0.2) is 0 Å².